The van der Waals surface area contributed by atoms with Crippen LogP contribution in [0, 0.1) is 17.3 Å². The van der Waals surface area contributed by atoms with Crippen LogP contribution in [0.5, 0.6) is 0 Å². The Hall–Kier alpha value is -0.0400. The van der Waals surface area contributed by atoms with Crippen LogP contribution in [0.4, 0.5) is 0 Å². The molecule has 1 heteroatoms. The molecular weight excluding hydrogens is 218 g/mol. The second-order valence-corrected chi connectivity index (χ2v) is 7.06. The first-order chi connectivity index (χ1) is 8.69. The minimum atomic E-state index is 0.697. The monoisotopic (exact) mass is 251 g/mol. The van der Waals surface area contributed by atoms with Crippen LogP contribution in [-0.2, 0) is 0 Å². The van der Waals surface area contributed by atoms with Crippen LogP contribution in [0.25, 0.3) is 0 Å². The van der Waals surface area contributed by atoms with Crippen molar-refractivity contribution < 1.29 is 0 Å². The van der Waals surface area contributed by atoms with Crippen molar-refractivity contribution in [3.8, 4) is 0 Å². The molecule has 1 nitrogen and oxygen atoms in total. The van der Waals surface area contributed by atoms with Gasteiger partial charge in [-0.05, 0) is 63.1 Å². The van der Waals surface area contributed by atoms with Crippen LogP contribution in [0.3, 0.4) is 0 Å². The summed E-state index contributed by atoms with van der Waals surface area (Å²) in [5.74, 6) is 1.99. The van der Waals surface area contributed by atoms with Crippen molar-refractivity contribution in [2.75, 3.05) is 20.1 Å². The molecule has 18 heavy (non-hydrogen) atoms. The third-order valence-corrected chi connectivity index (χ3v) is 6.04. The van der Waals surface area contributed by atoms with Crippen LogP contribution < -0.4 is 0 Å². The van der Waals surface area contributed by atoms with Crippen LogP contribution >= 0.6 is 0 Å². The minimum Gasteiger partial charge on any atom is -0.306 e. The van der Waals surface area contributed by atoms with Crippen molar-refractivity contribution in [2.24, 2.45) is 17.3 Å². The van der Waals surface area contributed by atoms with Crippen LogP contribution in [0.2, 0.25) is 0 Å². The zero-order chi connectivity index (χ0) is 13.0. The number of likely N-dealkylation sites (tertiary alicyclic amines) is 1. The zero-order valence-corrected chi connectivity index (χ0v) is 12.9. The van der Waals surface area contributed by atoms with E-state index in [-0.39, 0.29) is 0 Å². The third kappa shape index (κ3) is 2.92. The molecule has 2 aliphatic rings. The molecule has 0 spiro atoms. The first-order valence-electron chi connectivity index (χ1n) is 8.37. The lowest BCUT2D eigenvalue weighted by molar-refractivity contribution is -0.0132. The van der Waals surface area contributed by atoms with E-state index in [2.05, 4.69) is 25.8 Å². The number of hydrogen-bond donors (Lipinski definition) is 0. The van der Waals surface area contributed by atoms with E-state index in [9.17, 15) is 0 Å². The van der Waals surface area contributed by atoms with E-state index in [0.717, 1.165) is 11.8 Å². The fraction of sp³-hybridized carbons (Fsp3) is 1.00. The molecule has 1 heterocycles. The Morgan fingerprint density at radius 2 is 1.72 bits per heavy atom. The molecule has 0 amide bonds. The van der Waals surface area contributed by atoms with E-state index in [1.165, 1.54) is 70.9 Å². The van der Waals surface area contributed by atoms with E-state index >= 15 is 0 Å². The van der Waals surface area contributed by atoms with Crippen molar-refractivity contribution >= 4 is 0 Å². The molecule has 2 rings (SSSR count). The summed E-state index contributed by atoms with van der Waals surface area (Å²) in [5.41, 5.74) is 0.697. The van der Waals surface area contributed by atoms with Crippen LogP contribution in [-0.4, -0.2) is 25.0 Å². The molecule has 1 unspecified atom stereocenters. The summed E-state index contributed by atoms with van der Waals surface area (Å²) in [6.45, 7) is 7.60. The van der Waals surface area contributed by atoms with Gasteiger partial charge in [-0.15, -0.1) is 0 Å². The summed E-state index contributed by atoms with van der Waals surface area (Å²) in [7, 11) is 2.30. The van der Waals surface area contributed by atoms with Gasteiger partial charge in [-0.3, -0.25) is 0 Å². The standard InChI is InChI=1S/C17H33N/c1-4-8-15(2)17(11-13-18(3)14-12-17)16-9-6-5-7-10-16/h15-16H,4-14H2,1-3H3. The van der Waals surface area contributed by atoms with E-state index in [0.29, 0.717) is 5.41 Å². The molecule has 2 fully saturated rings. The van der Waals surface area contributed by atoms with Gasteiger partial charge in [-0.2, -0.15) is 0 Å². The van der Waals surface area contributed by atoms with E-state index in [4.69, 9.17) is 0 Å². The van der Waals surface area contributed by atoms with Crippen molar-refractivity contribution in [1.82, 2.24) is 4.90 Å². The Morgan fingerprint density at radius 1 is 1.11 bits per heavy atom. The fourth-order valence-electron chi connectivity index (χ4n) is 4.74. The molecule has 1 aliphatic heterocycles. The number of piperidine rings is 1. The lowest BCUT2D eigenvalue weighted by Gasteiger charge is -2.51. The molecule has 1 atom stereocenters. The van der Waals surface area contributed by atoms with Gasteiger partial charge < -0.3 is 4.90 Å². The highest BCUT2D eigenvalue weighted by atomic mass is 15.1. The lowest BCUT2D eigenvalue weighted by Crippen LogP contribution is -2.46. The highest BCUT2D eigenvalue weighted by Gasteiger charge is 2.44. The Kier molecular flexibility index (Phi) is 5.12. The molecule has 0 bridgehead atoms. The molecule has 1 aliphatic carbocycles. The summed E-state index contributed by atoms with van der Waals surface area (Å²) in [6, 6.07) is 0. The first kappa shape index (κ1) is 14.4. The van der Waals surface area contributed by atoms with Gasteiger partial charge in [0.1, 0.15) is 0 Å². The molecule has 0 aromatic carbocycles. The molecule has 0 N–H and O–H groups in total. The quantitative estimate of drug-likeness (QED) is 0.699. The van der Waals surface area contributed by atoms with Gasteiger partial charge in [0.15, 0.2) is 0 Å². The lowest BCUT2D eigenvalue weighted by atomic mass is 9.57. The maximum absolute atomic E-state index is 2.56. The molecule has 1 saturated heterocycles. The average Bonchev–Trinajstić information content (AvgIpc) is 2.41. The van der Waals surface area contributed by atoms with Gasteiger partial charge in [-0.1, -0.05) is 46.0 Å². The molecular formula is C17H33N. The topological polar surface area (TPSA) is 3.24 Å². The Balaban J connectivity index is 2.10. The maximum Gasteiger partial charge on any atom is -0.00163 e. The zero-order valence-electron chi connectivity index (χ0n) is 12.9. The number of nitrogens with zero attached hydrogens (tertiary/aromatic N) is 1. The van der Waals surface area contributed by atoms with Gasteiger partial charge in [0, 0.05) is 0 Å². The normalized spacial score (nSPS) is 28.2. The predicted molar refractivity (Wildman–Crippen MR) is 79.8 cm³/mol. The summed E-state index contributed by atoms with van der Waals surface area (Å²) >= 11 is 0. The van der Waals surface area contributed by atoms with Crippen LogP contribution in [0.15, 0.2) is 0 Å². The second-order valence-electron chi connectivity index (χ2n) is 7.06. The molecule has 0 radical (unpaired) electrons. The van der Waals surface area contributed by atoms with Crippen molar-refractivity contribution in [3.05, 3.63) is 0 Å². The molecule has 0 aromatic heterocycles. The highest BCUT2D eigenvalue weighted by Crippen LogP contribution is 2.51. The van der Waals surface area contributed by atoms with Gasteiger partial charge in [0.05, 0.1) is 0 Å². The fourth-order valence-corrected chi connectivity index (χ4v) is 4.74. The smallest absolute Gasteiger partial charge is 0.00163 e. The summed E-state index contributed by atoms with van der Waals surface area (Å²) in [5, 5.41) is 0. The van der Waals surface area contributed by atoms with Crippen molar-refractivity contribution in [1.29, 1.82) is 0 Å². The molecule has 106 valence electrons. The van der Waals surface area contributed by atoms with Crippen molar-refractivity contribution in [3.63, 3.8) is 0 Å². The van der Waals surface area contributed by atoms with E-state index in [1.54, 1.807) is 0 Å². The number of rotatable bonds is 4. The van der Waals surface area contributed by atoms with Gasteiger partial charge in [-0.25, -0.2) is 0 Å². The Bertz CT molecular complexity index is 234. The predicted octanol–water partition coefficient (Wildman–Crippen LogP) is 4.71. The second kappa shape index (κ2) is 6.41. The van der Waals surface area contributed by atoms with E-state index < -0.39 is 0 Å². The van der Waals surface area contributed by atoms with Gasteiger partial charge in [0.2, 0.25) is 0 Å². The largest absolute Gasteiger partial charge is 0.306 e. The Labute approximate surface area is 114 Å². The van der Waals surface area contributed by atoms with Gasteiger partial charge >= 0.3 is 0 Å². The molecule has 0 aromatic rings. The SMILES string of the molecule is CCCC(C)C1(C2CCCCC2)CCN(C)CC1. The first-order valence-corrected chi connectivity index (χ1v) is 8.37. The number of hydrogen-bond acceptors (Lipinski definition) is 1. The molecule has 1 saturated carbocycles. The summed E-state index contributed by atoms with van der Waals surface area (Å²) in [6.07, 6.45) is 13.3. The van der Waals surface area contributed by atoms with Crippen LogP contribution in [0.1, 0.15) is 71.6 Å². The average molecular weight is 251 g/mol. The van der Waals surface area contributed by atoms with Crippen molar-refractivity contribution in [2.45, 2.75) is 71.6 Å². The van der Waals surface area contributed by atoms with Gasteiger partial charge in [0.25, 0.3) is 0 Å². The third-order valence-electron chi connectivity index (χ3n) is 6.04. The summed E-state index contributed by atoms with van der Waals surface area (Å²) in [4.78, 5) is 2.54. The summed E-state index contributed by atoms with van der Waals surface area (Å²) < 4.78 is 0. The maximum atomic E-state index is 2.56. The van der Waals surface area contributed by atoms with E-state index in [1.807, 2.05) is 0 Å². The Morgan fingerprint density at radius 3 is 2.28 bits per heavy atom. The highest BCUT2D eigenvalue weighted by molar-refractivity contribution is 4.95. The minimum absolute atomic E-state index is 0.697.